The van der Waals surface area contributed by atoms with Crippen molar-refractivity contribution in [3.63, 3.8) is 0 Å². The Hall–Kier alpha value is -0.600. The van der Waals surface area contributed by atoms with Gasteiger partial charge in [-0.25, -0.2) is 27.3 Å². The van der Waals surface area contributed by atoms with Gasteiger partial charge in [0.15, 0.2) is 0 Å². The first kappa shape index (κ1) is 12.5. The number of aromatic nitrogens is 1. The van der Waals surface area contributed by atoms with Crippen LogP contribution in [-0.4, -0.2) is 13.4 Å². The molecule has 0 aliphatic heterocycles. The fourth-order valence-electron chi connectivity index (χ4n) is 1.08. The molecule has 0 unspecified atom stereocenters. The van der Waals surface area contributed by atoms with Gasteiger partial charge in [-0.1, -0.05) is 0 Å². The van der Waals surface area contributed by atoms with E-state index in [1.54, 1.807) is 0 Å². The summed E-state index contributed by atoms with van der Waals surface area (Å²) in [4.78, 5) is 3.15. The molecule has 1 rings (SSSR count). The molecule has 0 aromatic carbocycles. The lowest BCUT2D eigenvalue weighted by Gasteiger charge is -2.08. The largest absolute Gasteiger partial charge is 0.280 e. The van der Waals surface area contributed by atoms with Gasteiger partial charge in [-0.2, -0.15) is 0 Å². The van der Waals surface area contributed by atoms with Crippen LogP contribution in [0.15, 0.2) is 15.6 Å². The first-order valence-corrected chi connectivity index (χ1v) is 6.05. The van der Waals surface area contributed by atoms with Gasteiger partial charge in [0.1, 0.15) is 10.3 Å². The summed E-state index contributed by atoms with van der Waals surface area (Å²) in [5.74, 6) is 0. The van der Waals surface area contributed by atoms with E-state index in [9.17, 15) is 17.2 Å². The highest BCUT2D eigenvalue weighted by molar-refractivity contribution is 9.10. The van der Waals surface area contributed by atoms with Crippen molar-refractivity contribution in [1.82, 2.24) is 4.98 Å². The minimum Gasteiger partial charge on any atom is -0.240 e. The van der Waals surface area contributed by atoms with Gasteiger partial charge in [-0.15, -0.1) is 0 Å². The third-order valence-corrected chi connectivity index (χ3v) is 3.19. The molecule has 1 heterocycles. The minimum atomic E-state index is -4.02. The van der Waals surface area contributed by atoms with Gasteiger partial charge in [-0.3, -0.25) is 0 Å². The van der Waals surface area contributed by atoms with E-state index in [1.807, 2.05) is 0 Å². The predicted molar refractivity (Wildman–Crippen MR) is 53.0 cm³/mol. The Labute approximate surface area is 93.7 Å². The van der Waals surface area contributed by atoms with Gasteiger partial charge in [0.2, 0.25) is 10.0 Å². The summed E-state index contributed by atoms with van der Waals surface area (Å²) < 4.78 is 47.1. The smallest absolute Gasteiger partial charge is 0.240 e. The average molecular weight is 301 g/mol. The van der Waals surface area contributed by atoms with E-state index >= 15 is 0 Å². The van der Waals surface area contributed by atoms with Crippen molar-refractivity contribution in [3.8, 4) is 0 Å². The number of alkyl halides is 2. The Balaban J connectivity index is 3.56. The van der Waals surface area contributed by atoms with Crippen molar-refractivity contribution in [3.05, 3.63) is 21.9 Å². The van der Waals surface area contributed by atoms with Crippen molar-refractivity contribution in [2.45, 2.75) is 18.2 Å². The second kappa shape index (κ2) is 4.11. The number of nitrogens with two attached hydrogens (primary N) is 1. The number of halogens is 3. The first-order chi connectivity index (χ1) is 6.73. The SMILES string of the molecule is Cc1c(S(N)(=O)=O)cc(Br)nc1C(F)F. The highest BCUT2D eigenvalue weighted by Gasteiger charge is 2.21. The van der Waals surface area contributed by atoms with E-state index in [2.05, 4.69) is 20.9 Å². The molecule has 1 aromatic heterocycles. The molecule has 0 bridgehead atoms. The summed E-state index contributed by atoms with van der Waals surface area (Å²) >= 11 is 2.84. The van der Waals surface area contributed by atoms with Crippen molar-refractivity contribution in [2.75, 3.05) is 0 Å². The molecule has 4 nitrogen and oxygen atoms in total. The molecule has 8 heteroatoms. The van der Waals surface area contributed by atoms with Gasteiger partial charge in [0.25, 0.3) is 6.43 Å². The maximum atomic E-state index is 12.5. The molecule has 0 fully saturated rings. The van der Waals surface area contributed by atoms with Crippen LogP contribution in [0.2, 0.25) is 0 Å². The summed E-state index contributed by atoms with van der Waals surface area (Å²) in [5, 5.41) is 4.87. The van der Waals surface area contributed by atoms with E-state index in [4.69, 9.17) is 5.14 Å². The van der Waals surface area contributed by atoms with Gasteiger partial charge < -0.3 is 0 Å². The molecular weight excluding hydrogens is 294 g/mol. The van der Waals surface area contributed by atoms with Gasteiger partial charge in [0, 0.05) is 0 Å². The lowest BCUT2D eigenvalue weighted by atomic mass is 10.2. The zero-order valence-electron chi connectivity index (χ0n) is 7.54. The van der Waals surface area contributed by atoms with Crippen molar-refractivity contribution >= 4 is 26.0 Å². The summed E-state index contributed by atoms with van der Waals surface area (Å²) in [6.45, 7) is 1.24. The zero-order chi connectivity index (χ0) is 11.8. The maximum Gasteiger partial charge on any atom is 0.280 e. The van der Waals surface area contributed by atoms with Crippen LogP contribution in [0.25, 0.3) is 0 Å². The lowest BCUT2D eigenvalue weighted by Crippen LogP contribution is -2.15. The fraction of sp³-hybridized carbons (Fsp3) is 0.286. The molecule has 0 amide bonds. The van der Waals surface area contributed by atoms with Crippen LogP contribution in [-0.2, 0) is 10.0 Å². The monoisotopic (exact) mass is 300 g/mol. The number of sulfonamides is 1. The van der Waals surface area contributed by atoms with Crippen LogP contribution in [0.3, 0.4) is 0 Å². The summed E-state index contributed by atoms with van der Waals surface area (Å²) in [6, 6.07) is 1.09. The van der Waals surface area contributed by atoms with E-state index in [0.29, 0.717) is 0 Å². The highest BCUT2D eigenvalue weighted by atomic mass is 79.9. The van der Waals surface area contributed by atoms with E-state index < -0.39 is 22.1 Å². The zero-order valence-corrected chi connectivity index (χ0v) is 9.94. The van der Waals surface area contributed by atoms with Crippen molar-refractivity contribution in [1.29, 1.82) is 0 Å². The first-order valence-electron chi connectivity index (χ1n) is 3.71. The van der Waals surface area contributed by atoms with Crippen LogP contribution < -0.4 is 5.14 Å². The Morgan fingerprint density at radius 2 is 2.07 bits per heavy atom. The van der Waals surface area contributed by atoms with Gasteiger partial charge in [-0.05, 0) is 34.5 Å². The predicted octanol–water partition coefficient (Wildman–Crippen LogP) is 1.74. The Morgan fingerprint density at radius 3 is 2.47 bits per heavy atom. The molecule has 0 spiro atoms. The number of rotatable bonds is 2. The third-order valence-electron chi connectivity index (χ3n) is 1.74. The normalized spacial score (nSPS) is 12.1. The molecule has 0 aliphatic carbocycles. The average Bonchev–Trinajstić information content (AvgIpc) is 2.06. The Morgan fingerprint density at radius 1 is 1.53 bits per heavy atom. The second-order valence-corrected chi connectivity index (χ2v) is 5.14. The molecule has 0 saturated carbocycles. The lowest BCUT2D eigenvalue weighted by molar-refractivity contribution is 0.144. The van der Waals surface area contributed by atoms with Crippen molar-refractivity contribution in [2.24, 2.45) is 5.14 Å². The van der Waals surface area contributed by atoms with Crippen LogP contribution in [0.4, 0.5) is 8.78 Å². The van der Waals surface area contributed by atoms with Crippen molar-refractivity contribution < 1.29 is 17.2 Å². The Kier molecular flexibility index (Phi) is 3.41. The van der Waals surface area contributed by atoms with Crippen LogP contribution >= 0.6 is 15.9 Å². The van der Waals surface area contributed by atoms with Crippen LogP contribution in [0, 0.1) is 6.92 Å². The molecule has 15 heavy (non-hydrogen) atoms. The third kappa shape index (κ3) is 2.70. The van der Waals surface area contributed by atoms with E-state index in [-0.39, 0.29) is 15.1 Å². The van der Waals surface area contributed by atoms with E-state index in [1.165, 1.54) is 6.92 Å². The number of nitrogens with zero attached hydrogens (tertiary/aromatic N) is 1. The fourth-order valence-corrected chi connectivity index (χ4v) is 2.46. The molecule has 1 aromatic rings. The molecule has 0 aliphatic rings. The molecular formula is C7H7BrF2N2O2S. The second-order valence-electron chi connectivity index (χ2n) is 2.80. The van der Waals surface area contributed by atoms with E-state index in [0.717, 1.165) is 6.07 Å². The maximum absolute atomic E-state index is 12.5. The highest BCUT2D eigenvalue weighted by Crippen LogP contribution is 2.27. The Bertz CT molecular complexity index is 490. The summed E-state index contributed by atoms with van der Waals surface area (Å²) in [5.41, 5.74) is -0.718. The number of hydrogen-bond acceptors (Lipinski definition) is 3. The van der Waals surface area contributed by atoms with Gasteiger partial charge in [0.05, 0.1) is 4.90 Å². The standard InChI is InChI=1S/C7H7BrF2N2O2S/c1-3-4(15(11,13)14)2-5(8)12-6(3)7(9)10/h2,7H,1H3,(H2,11,13,14). The van der Waals surface area contributed by atoms with Gasteiger partial charge >= 0.3 is 0 Å². The summed E-state index contributed by atoms with van der Waals surface area (Å²) in [6.07, 6.45) is -2.84. The molecule has 2 N–H and O–H groups in total. The minimum absolute atomic E-state index is 0.00688. The topological polar surface area (TPSA) is 73.1 Å². The molecule has 0 saturated heterocycles. The summed E-state index contributed by atoms with van der Waals surface area (Å²) in [7, 11) is -4.02. The van der Waals surface area contributed by atoms with Crippen LogP contribution in [0.5, 0.6) is 0 Å². The molecule has 0 atom stereocenters. The number of pyridine rings is 1. The quantitative estimate of drug-likeness (QED) is 0.846. The molecule has 0 radical (unpaired) electrons. The number of primary sulfonamides is 1. The molecule has 84 valence electrons. The van der Waals surface area contributed by atoms with Crippen LogP contribution in [0.1, 0.15) is 17.7 Å². The number of hydrogen-bond donors (Lipinski definition) is 1.